The largest absolute Gasteiger partial charge is 0.462 e. The molecular weight excluding hydrogens is 430 g/mol. The van der Waals surface area contributed by atoms with Gasteiger partial charge in [-0.05, 0) is 13.0 Å². The lowest BCUT2D eigenvalue weighted by atomic mass is 9.68. The van der Waals surface area contributed by atoms with Crippen LogP contribution in [0.3, 0.4) is 0 Å². The molecule has 1 spiro atoms. The standard InChI is InChI=1S/C22H17N5O6/c1-2-32-20(28)16-18(23)33-19-15(22(16)13-8-3-4-9-14(13)24-21(22)29)17(25-26-19)11-6-5-7-12(10-11)27(30)31/h3-10H,2,23H2,1H3,(H,24,29)(H,25,26). The summed E-state index contributed by atoms with van der Waals surface area (Å²) in [6, 6.07) is 12.7. The second-order valence-corrected chi connectivity index (χ2v) is 7.40. The van der Waals surface area contributed by atoms with Gasteiger partial charge >= 0.3 is 5.97 Å². The Morgan fingerprint density at radius 1 is 1.27 bits per heavy atom. The van der Waals surface area contributed by atoms with Crippen LogP contribution in [-0.2, 0) is 19.7 Å². The fourth-order valence-electron chi connectivity index (χ4n) is 4.41. The number of anilines is 1. The Bertz CT molecular complexity index is 1380. The van der Waals surface area contributed by atoms with Crippen LogP contribution in [0.2, 0.25) is 0 Å². The molecule has 0 bridgehead atoms. The van der Waals surface area contributed by atoms with Gasteiger partial charge in [-0.15, -0.1) is 5.10 Å². The molecule has 11 nitrogen and oxygen atoms in total. The minimum atomic E-state index is -1.74. The van der Waals surface area contributed by atoms with Crippen LogP contribution in [0.15, 0.2) is 60.0 Å². The molecule has 0 saturated carbocycles. The monoisotopic (exact) mass is 447 g/mol. The average Bonchev–Trinajstić information content (AvgIpc) is 3.34. The number of nitrogens with one attached hydrogen (secondary N) is 2. The fourth-order valence-corrected chi connectivity index (χ4v) is 4.41. The third-order valence-corrected chi connectivity index (χ3v) is 5.68. The number of non-ortho nitro benzene ring substituents is 1. The summed E-state index contributed by atoms with van der Waals surface area (Å²) < 4.78 is 10.9. The molecular formula is C22H17N5O6. The molecule has 1 atom stereocenters. The number of para-hydroxylation sites is 1. The summed E-state index contributed by atoms with van der Waals surface area (Å²) in [4.78, 5) is 37.6. The first-order valence-electron chi connectivity index (χ1n) is 9.99. The summed E-state index contributed by atoms with van der Waals surface area (Å²) in [6.45, 7) is 1.68. The van der Waals surface area contributed by atoms with Crippen molar-refractivity contribution in [1.29, 1.82) is 0 Å². The molecule has 2 aliphatic heterocycles. The summed E-state index contributed by atoms with van der Waals surface area (Å²) in [7, 11) is 0. The molecule has 1 amide bonds. The summed E-state index contributed by atoms with van der Waals surface area (Å²) in [5.74, 6) is -1.70. The lowest BCUT2D eigenvalue weighted by Crippen LogP contribution is -2.46. The van der Waals surface area contributed by atoms with E-state index in [0.717, 1.165) is 0 Å². The summed E-state index contributed by atoms with van der Waals surface area (Å²) >= 11 is 0. The van der Waals surface area contributed by atoms with E-state index in [0.29, 0.717) is 16.8 Å². The van der Waals surface area contributed by atoms with Gasteiger partial charge < -0.3 is 20.5 Å². The second kappa shape index (κ2) is 7.19. The van der Waals surface area contributed by atoms with E-state index in [9.17, 15) is 19.7 Å². The Morgan fingerprint density at radius 2 is 2.06 bits per heavy atom. The fraction of sp³-hybridized carbons (Fsp3) is 0.136. The first kappa shape index (κ1) is 20.2. The maximum absolute atomic E-state index is 13.7. The molecule has 4 N–H and O–H groups in total. The van der Waals surface area contributed by atoms with Crippen molar-refractivity contribution in [2.24, 2.45) is 5.73 Å². The van der Waals surface area contributed by atoms with Gasteiger partial charge in [0.2, 0.25) is 17.7 Å². The molecule has 3 heterocycles. The van der Waals surface area contributed by atoms with Gasteiger partial charge in [-0.2, -0.15) is 0 Å². The van der Waals surface area contributed by atoms with Gasteiger partial charge in [0.15, 0.2) is 0 Å². The lowest BCUT2D eigenvalue weighted by molar-refractivity contribution is -0.384. The number of ether oxygens (including phenoxy) is 2. The number of hydrogen-bond acceptors (Lipinski definition) is 8. The number of nitrogens with zero attached hydrogens (tertiary/aromatic N) is 2. The van der Waals surface area contributed by atoms with E-state index in [1.54, 1.807) is 37.3 Å². The Hall–Kier alpha value is -4.67. The van der Waals surface area contributed by atoms with E-state index in [4.69, 9.17) is 15.2 Å². The van der Waals surface area contributed by atoms with Crippen molar-refractivity contribution >= 4 is 23.3 Å². The number of rotatable bonds is 4. The van der Waals surface area contributed by atoms with Gasteiger partial charge in [0.25, 0.3) is 5.69 Å². The smallest absolute Gasteiger partial charge is 0.341 e. The van der Waals surface area contributed by atoms with Crippen molar-refractivity contribution in [3.8, 4) is 17.1 Å². The van der Waals surface area contributed by atoms with Gasteiger partial charge in [-0.25, -0.2) is 4.79 Å². The first-order chi connectivity index (χ1) is 15.9. The number of carbonyl (C=O) groups is 2. The summed E-state index contributed by atoms with van der Waals surface area (Å²) in [5.41, 5.74) is 5.86. The molecule has 0 saturated heterocycles. The van der Waals surface area contributed by atoms with Gasteiger partial charge in [-0.1, -0.05) is 30.3 Å². The Labute approximate surface area is 186 Å². The number of H-pyrrole nitrogens is 1. The number of hydrogen-bond donors (Lipinski definition) is 3. The minimum Gasteiger partial charge on any atom is -0.462 e. The molecule has 11 heteroatoms. The number of amides is 1. The lowest BCUT2D eigenvalue weighted by Gasteiger charge is -2.33. The number of nitrogens with two attached hydrogens (primary N) is 1. The molecule has 1 unspecified atom stereocenters. The van der Waals surface area contributed by atoms with Crippen molar-refractivity contribution in [2.45, 2.75) is 12.3 Å². The van der Waals surface area contributed by atoms with E-state index >= 15 is 0 Å². The number of nitro groups is 1. The number of aromatic nitrogens is 2. The highest BCUT2D eigenvalue weighted by Gasteiger charge is 2.60. The van der Waals surface area contributed by atoms with Crippen LogP contribution in [0.4, 0.5) is 11.4 Å². The first-order valence-corrected chi connectivity index (χ1v) is 9.99. The highest BCUT2D eigenvalue weighted by atomic mass is 16.6. The zero-order valence-corrected chi connectivity index (χ0v) is 17.2. The molecule has 166 valence electrons. The zero-order chi connectivity index (χ0) is 23.3. The molecule has 1 aromatic heterocycles. The van der Waals surface area contributed by atoms with Crippen LogP contribution in [-0.4, -0.2) is 33.6 Å². The topological polar surface area (TPSA) is 162 Å². The second-order valence-electron chi connectivity index (χ2n) is 7.40. The predicted molar refractivity (Wildman–Crippen MR) is 115 cm³/mol. The normalized spacial score (nSPS) is 18.4. The Morgan fingerprint density at radius 3 is 2.82 bits per heavy atom. The van der Waals surface area contributed by atoms with E-state index < -0.39 is 22.2 Å². The van der Waals surface area contributed by atoms with Gasteiger partial charge in [0.05, 0.1) is 22.8 Å². The van der Waals surface area contributed by atoms with E-state index in [1.165, 1.54) is 18.2 Å². The maximum Gasteiger partial charge on any atom is 0.341 e. The maximum atomic E-state index is 13.7. The van der Waals surface area contributed by atoms with Crippen LogP contribution in [0.25, 0.3) is 11.3 Å². The molecule has 2 aromatic carbocycles. The number of nitro benzene ring substituents is 1. The number of aromatic amines is 1. The minimum absolute atomic E-state index is 0.0195. The summed E-state index contributed by atoms with van der Waals surface area (Å²) in [6.07, 6.45) is 0. The summed E-state index contributed by atoms with van der Waals surface area (Å²) in [5, 5.41) is 21.1. The number of benzene rings is 2. The highest BCUT2D eigenvalue weighted by molar-refractivity contribution is 6.18. The van der Waals surface area contributed by atoms with Gasteiger partial charge in [0.1, 0.15) is 11.0 Å². The van der Waals surface area contributed by atoms with Crippen LogP contribution in [0.5, 0.6) is 5.88 Å². The predicted octanol–water partition coefficient (Wildman–Crippen LogP) is 2.35. The van der Waals surface area contributed by atoms with Crippen molar-refractivity contribution in [3.63, 3.8) is 0 Å². The molecule has 3 aromatic rings. The molecule has 33 heavy (non-hydrogen) atoms. The van der Waals surface area contributed by atoms with Crippen molar-refractivity contribution in [1.82, 2.24) is 10.2 Å². The van der Waals surface area contributed by atoms with Crippen LogP contribution >= 0.6 is 0 Å². The van der Waals surface area contributed by atoms with Crippen molar-refractivity contribution in [3.05, 3.63) is 81.2 Å². The molecule has 0 radical (unpaired) electrons. The Kier molecular flexibility index (Phi) is 4.41. The quantitative estimate of drug-likeness (QED) is 0.312. The molecule has 0 aliphatic carbocycles. The van der Waals surface area contributed by atoms with Crippen molar-refractivity contribution in [2.75, 3.05) is 11.9 Å². The average molecular weight is 447 g/mol. The van der Waals surface area contributed by atoms with Crippen LogP contribution in [0.1, 0.15) is 18.1 Å². The van der Waals surface area contributed by atoms with Crippen LogP contribution < -0.4 is 15.8 Å². The molecule has 0 fully saturated rings. The molecule has 5 rings (SSSR count). The number of esters is 1. The van der Waals surface area contributed by atoms with Crippen LogP contribution in [0, 0.1) is 10.1 Å². The SMILES string of the molecule is CCOC(=O)C1=C(N)Oc2n[nH]c(-c3cccc([N+](=O)[O-])c3)c2C12C(=O)Nc1ccccc12. The third-order valence-electron chi connectivity index (χ3n) is 5.68. The number of carbonyl (C=O) groups excluding carboxylic acids is 2. The van der Waals surface area contributed by atoms with E-state index in [-0.39, 0.29) is 40.9 Å². The van der Waals surface area contributed by atoms with Gasteiger partial charge in [0, 0.05) is 28.9 Å². The van der Waals surface area contributed by atoms with Crippen molar-refractivity contribution < 1.29 is 24.0 Å². The van der Waals surface area contributed by atoms with E-state index in [1.807, 2.05) is 0 Å². The third kappa shape index (κ3) is 2.72. The highest BCUT2D eigenvalue weighted by Crippen LogP contribution is 2.55. The van der Waals surface area contributed by atoms with Gasteiger partial charge in [-0.3, -0.25) is 20.0 Å². The molecule has 2 aliphatic rings. The Balaban J connectivity index is 1.85. The van der Waals surface area contributed by atoms with E-state index in [2.05, 4.69) is 15.5 Å². The zero-order valence-electron chi connectivity index (χ0n) is 17.2. The number of fused-ring (bicyclic) bond motifs is 4.